The van der Waals surface area contributed by atoms with Gasteiger partial charge in [-0.2, -0.15) is 0 Å². The highest BCUT2D eigenvalue weighted by atomic mass is 32.1. The van der Waals surface area contributed by atoms with E-state index in [1.165, 1.54) is 58.7 Å². The first-order valence-electron chi connectivity index (χ1n) is 19.0. The van der Waals surface area contributed by atoms with Crippen LogP contribution in [0, 0.1) is 0 Å². The molecular formula is C53H34N2S. The van der Waals surface area contributed by atoms with Gasteiger partial charge in [0.15, 0.2) is 0 Å². The molecule has 0 unspecified atom stereocenters. The number of hydrogen-bond acceptors (Lipinski definition) is 2. The minimum absolute atomic E-state index is 0.953. The molecule has 0 aliphatic rings. The molecule has 3 heteroatoms. The maximum absolute atomic E-state index is 5.30. The second kappa shape index (κ2) is 13.3. The fraction of sp³-hybridized carbons (Fsp3) is 0. The Bertz CT molecular complexity index is 3190. The normalized spacial score (nSPS) is 11.6. The van der Waals surface area contributed by atoms with Gasteiger partial charge in [0.25, 0.3) is 0 Å². The predicted octanol–water partition coefficient (Wildman–Crippen LogP) is 14.9. The molecule has 0 amide bonds. The monoisotopic (exact) mass is 730 g/mol. The summed E-state index contributed by atoms with van der Waals surface area (Å²) >= 11 is 1.88. The maximum atomic E-state index is 5.30. The zero-order chi connectivity index (χ0) is 37.0. The molecule has 0 bridgehead atoms. The molecule has 3 heterocycles. The molecule has 0 radical (unpaired) electrons. The van der Waals surface area contributed by atoms with Crippen LogP contribution in [-0.4, -0.2) is 9.55 Å². The molecule has 0 atom stereocenters. The van der Waals surface area contributed by atoms with E-state index < -0.39 is 0 Å². The van der Waals surface area contributed by atoms with Gasteiger partial charge in [0.05, 0.1) is 22.4 Å². The molecule has 0 aliphatic carbocycles. The number of rotatable bonds is 6. The molecule has 3 aromatic heterocycles. The van der Waals surface area contributed by atoms with Crippen molar-refractivity contribution in [2.75, 3.05) is 0 Å². The van der Waals surface area contributed by atoms with E-state index in [0.29, 0.717) is 0 Å². The highest BCUT2D eigenvalue weighted by molar-refractivity contribution is 7.26. The van der Waals surface area contributed by atoms with E-state index in [4.69, 9.17) is 4.98 Å². The first kappa shape index (κ1) is 32.4. The summed E-state index contributed by atoms with van der Waals surface area (Å²) in [5.41, 5.74) is 14.8. The SMILES string of the molecule is c1ccc(-c2cc(-c3ccccc3)nc(-c3ccccc3-c3ccc4c(c3)c3ccccc3n4-c3cccc(-c4cccc5c4sc4ccccc45)c3)c2)cc1. The van der Waals surface area contributed by atoms with Crippen molar-refractivity contribution in [3.63, 3.8) is 0 Å². The highest BCUT2D eigenvalue weighted by Gasteiger charge is 2.18. The molecule has 11 aromatic rings. The van der Waals surface area contributed by atoms with Gasteiger partial charge >= 0.3 is 0 Å². The first-order valence-corrected chi connectivity index (χ1v) is 19.9. The highest BCUT2D eigenvalue weighted by Crippen LogP contribution is 2.42. The Hall–Kier alpha value is -7.07. The van der Waals surface area contributed by atoms with Crippen molar-refractivity contribution in [1.82, 2.24) is 9.55 Å². The molecule has 0 saturated heterocycles. The second-order valence-corrected chi connectivity index (χ2v) is 15.4. The van der Waals surface area contributed by atoms with Crippen LogP contribution >= 0.6 is 11.3 Å². The summed E-state index contributed by atoms with van der Waals surface area (Å²) in [6, 6.07) is 74.4. The van der Waals surface area contributed by atoms with Crippen molar-refractivity contribution in [3.8, 4) is 61.6 Å². The molecule has 0 N–H and O–H groups in total. The largest absolute Gasteiger partial charge is 0.309 e. The summed E-state index contributed by atoms with van der Waals surface area (Å²) in [5.74, 6) is 0. The molecule has 0 spiro atoms. The Balaban J connectivity index is 1.06. The standard InChI is InChI=1S/C53H34N2S/c1-3-15-35(16-4-1)39-33-48(36-17-5-2-6-18-36)54-49(34-39)43-22-8-7-21-41(43)38-29-30-51-47(32-38)44-23-9-11-27-50(44)55(51)40-20-13-19-37(31-40)42-25-14-26-46-45-24-10-12-28-52(45)56-53(42)46/h1-34H. The van der Waals surface area contributed by atoms with Gasteiger partial charge < -0.3 is 4.57 Å². The molecular weight excluding hydrogens is 697 g/mol. The van der Waals surface area contributed by atoms with Crippen LogP contribution in [0.2, 0.25) is 0 Å². The van der Waals surface area contributed by atoms with E-state index in [0.717, 1.165) is 44.9 Å². The van der Waals surface area contributed by atoms with Crippen LogP contribution in [0.5, 0.6) is 0 Å². The van der Waals surface area contributed by atoms with Crippen molar-refractivity contribution >= 4 is 53.3 Å². The van der Waals surface area contributed by atoms with E-state index >= 15 is 0 Å². The molecule has 0 fully saturated rings. The summed E-state index contributed by atoms with van der Waals surface area (Å²) in [6.07, 6.45) is 0. The number of thiophene rings is 1. The number of nitrogens with zero attached hydrogens (tertiary/aromatic N) is 2. The van der Waals surface area contributed by atoms with Gasteiger partial charge in [0, 0.05) is 47.8 Å². The summed E-state index contributed by atoms with van der Waals surface area (Å²) in [4.78, 5) is 5.30. The molecule has 11 rings (SSSR count). The van der Waals surface area contributed by atoms with Crippen molar-refractivity contribution in [2.24, 2.45) is 0 Å². The topological polar surface area (TPSA) is 17.8 Å². The second-order valence-electron chi connectivity index (χ2n) is 14.3. The average molecular weight is 731 g/mol. The van der Waals surface area contributed by atoms with E-state index in [9.17, 15) is 0 Å². The van der Waals surface area contributed by atoms with Crippen molar-refractivity contribution < 1.29 is 0 Å². The molecule has 262 valence electrons. The zero-order valence-electron chi connectivity index (χ0n) is 30.4. The molecule has 56 heavy (non-hydrogen) atoms. The van der Waals surface area contributed by atoms with Crippen LogP contribution < -0.4 is 0 Å². The van der Waals surface area contributed by atoms with Gasteiger partial charge in [-0.25, -0.2) is 4.98 Å². The lowest BCUT2D eigenvalue weighted by Crippen LogP contribution is -1.95. The van der Waals surface area contributed by atoms with Crippen LogP contribution in [0.25, 0.3) is 104 Å². The Morgan fingerprint density at radius 1 is 0.339 bits per heavy atom. The Kier molecular flexibility index (Phi) is 7.72. The van der Waals surface area contributed by atoms with Crippen LogP contribution in [0.1, 0.15) is 0 Å². The van der Waals surface area contributed by atoms with Crippen molar-refractivity contribution in [3.05, 3.63) is 206 Å². The smallest absolute Gasteiger partial charge is 0.0721 e. The van der Waals surface area contributed by atoms with Crippen LogP contribution in [0.4, 0.5) is 0 Å². The molecule has 0 aliphatic heterocycles. The Morgan fingerprint density at radius 3 is 1.80 bits per heavy atom. The minimum atomic E-state index is 0.953. The minimum Gasteiger partial charge on any atom is -0.309 e. The van der Waals surface area contributed by atoms with Gasteiger partial charge in [0.1, 0.15) is 0 Å². The number of fused-ring (bicyclic) bond motifs is 6. The lowest BCUT2D eigenvalue weighted by atomic mass is 9.94. The van der Waals surface area contributed by atoms with Gasteiger partial charge in [-0.3, -0.25) is 0 Å². The Labute approximate surface area is 329 Å². The number of para-hydroxylation sites is 1. The van der Waals surface area contributed by atoms with E-state index in [-0.39, 0.29) is 0 Å². The predicted molar refractivity (Wildman–Crippen MR) is 239 cm³/mol. The van der Waals surface area contributed by atoms with Crippen LogP contribution in [0.3, 0.4) is 0 Å². The summed E-state index contributed by atoms with van der Waals surface area (Å²) in [5, 5.41) is 5.09. The lowest BCUT2D eigenvalue weighted by molar-refractivity contribution is 1.18. The van der Waals surface area contributed by atoms with Crippen molar-refractivity contribution in [2.45, 2.75) is 0 Å². The summed E-state index contributed by atoms with van der Waals surface area (Å²) in [6.45, 7) is 0. The number of hydrogen-bond donors (Lipinski definition) is 0. The Morgan fingerprint density at radius 2 is 0.946 bits per heavy atom. The van der Waals surface area contributed by atoms with E-state index in [1.54, 1.807) is 0 Å². The quantitative estimate of drug-likeness (QED) is 0.167. The fourth-order valence-electron chi connectivity index (χ4n) is 8.39. The third-order valence-electron chi connectivity index (χ3n) is 11.0. The zero-order valence-corrected chi connectivity index (χ0v) is 31.2. The van der Waals surface area contributed by atoms with E-state index in [2.05, 4.69) is 211 Å². The van der Waals surface area contributed by atoms with Gasteiger partial charge in [0.2, 0.25) is 0 Å². The number of benzene rings is 8. The molecule has 0 saturated carbocycles. The van der Waals surface area contributed by atoms with Crippen LogP contribution in [0.15, 0.2) is 206 Å². The number of pyridine rings is 1. The van der Waals surface area contributed by atoms with Gasteiger partial charge in [-0.15, -0.1) is 11.3 Å². The number of aromatic nitrogens is 2. The van der Waals surface area contributed by atoms with E-state index in [1.807, 2.05) is 11.3 Å². The maximum Gasteiger partial charge on any atom is 0.0721 e. The fourth-order valence-corrected chi connectivity index (χ4v) is 9.62. The van der Waals surface area contributed by atoms with Gasteiger partial charge in [-0.1, -0.05) is 158 Å². The summed E-state index contributed by atoms with van der Waals surface area (Å²) in [7, 11) is 0. The third kappa shape index (κ3) is 5.44. The van der Waals surface area contributed by atoms with Gasteiger partial charge in [-0.05, 0) is 81.9 Å². The lowest BCUT2D eigenvalue weighted by Gasteiger charge is -2.14. The third-order valence-corrected chi connectivity index (χ3v) is 12.2. The van der Waals surface area contributed by atoms with Crippen LogP contribution in [-0.2, 0) is 0 Å². The average Bonchev–Trinajstić information content (AvgIpc) is 3.83. The molecule has 2 nitrogen and oxygen atoms in total. The summed E-state index contributed by atoms with van der Waals surface area (Å²) < 4.78 is 5.07. The van der Waals surface area contributed by atoms with Crippen molar-refractivity contribution in [1.29, 1.82) is 0 Å². The molecule has 8 aromatic carbocycles. The first-order chi connectivity index (χ1) is 27.8.